The zero-order valence-corrected chi connectivity index (χ0v) is 20.9. The third kappa shape index (κ3) is 2.92. The molecule has 4 aromatic carbocycles. The molecule has 0 amide bonds. The average Bonchev–Trinajstić information content (AvgIpc) is 2.81. The van der Waals surface area contributed by atoms with Crippen molar-refractivity contribution in [3.8, 4) is 11.5 Å². The van der Waals surface area contributed by atoms with Crippen LogP contribution >= 0.6 is 15.9 Å². The maximum absolute atomic E-state index is 6.52. The molecule has 0 radical (unpaired) electrons. The molecule has 1 aliphatic carbocycles. The summed E-state index contributed by atoms with van der Waals surface area (Å²) in [5, 5.41) is 0. The van der Waals surface area contributed by atoms with Crippen molar-refractivity contribution in [2.45, 2.75) is 38.5 Å². The third-order valence-electron chi connectivity index (χ3n) is 7.37. The van der Waals surface area contributed by atoms with E-state index >= 15 is 0 Å². The van der Waals surface area contributed by atoms with E-state index < -0.39 is 0 Å². The number of anilines is 3. The second-order valence-electron chi connectivity index (χ2n) is 10.0. The Labute approximate surface area is 204 Å². The Kier molecular flexibility index (Phi) is 4.35. The molecule has 164 valence electrons. The van der Waals surface area contributed by atoms with Crippen molar-refractivity contribution in [2.75, 3.05) is 4.90 Å². The molecule has 0 saturated heterocycles. The number of benzene rings is 4. The monoisotopic (exact) mass is 495 g/mol. The van der Waals surface area contributed by atoms with Crippen LogP contribution in [0.25, 0.3) is 0 Å². The fourth-order valence-electron chi connectivity index (χ4n) is 5.57. The van der Waals surface area contributed by atoms with E-state index in [9.17, 15) is 0 Å². The van der Waals surface area contributed by atoms with Crippen LogP contribution in [0.4, 0.5) is 17.1 Å². The second-order valence-corrected chi connectivity index (χ2v) is 11.0. The SMILES string of the molecule is CC1(C)c2ccccc2C(C)(C)c2cc3c(cc21)Oc1ccccc1N3c1ccc(Br)cc1. The number of para-hydroxylation sites is 2. The highest BCUT2D eigenvalue weighted by Crippen LogP contribution is 2.56. The molecule has 33 heavy (non-hydrogen) atoms. The van der Waals surface area contributed by atoms with Crippen LogP contribution in [-0.4, -0.2) is 0 Å². The molecule has 0 bridgehead atoms. The van der Waals surface area contributed by atoms with Crippen molar-refractivity contribution >= 4 is 33.0 Å². The van der Waals surface area contributed by atoms with E-state index in [0.717, 1.165) is 33.0 Å². The molecule has 2 aliphatic rings. The van der Waals surface area contributed by atoms with Crippen LogP contribution in [-0.2, 0) is 10.8 Å². The smallest absolute Gasteiger partial charge is 0.151 e. The lowest BCUT2D eigenvalue weighted by molar-refractivity contribution is 0.467. The second kappa shape index (κ2) is 6.98. The largest absolute Gasteiger partial charge is 0.453 e. The summed E-state index contributed by atoms with van der Waals surface area (Å²) in [5.41, 5.74) is 8.51. The average molecular weight is 496 g/mol. The van der Waals surface area contributed by atoms with Crippen LogP contribution in [0.15, 0.2) is 89.4 Å². The lowest BCUT2D eigenvalue weighted by atomic mass is 9.60. The molecule has 2 nitrogen and oxygen atoms in total. The van der Waals surface area contributed by atoms with E-state index in [2.05, 4.69) is 121 Å². The fraction of sp³-hybridized carbons (Fsp3) is 0.200. The summed E-state index contributed by atoms with van der Waals surface area (Å²) >= 11 is 3.58. The van der Waals surface area contributed by atoms with Gasteiger partial charge in [0.2, 0.25) is 0 Å². The lowest BCUT2D eigenvalue weighted by Gasteiger charge is -2.45. The quantitative estimate of drug-likeness (QED) is 0.230. The van der Waals surface area contributed by atoms with Crippen LogP contribution in [0.1, 0.15) is 49.9 Å². The van der Waals surface area contributed by atoms with Crippen molar-refractivity contribution in [1.29, 1.82) is 0 Å². The highest BCUT2D eigenvalue weighted by Gasteiger charge is 2.43. The van der Waals surface area contributed by atoms with E-state index in [1.807, 2.05) is 12.1 Å². The van der Waals surface area contributed by atoms with Gasteiger partial charge in [-0.05, 0) is 70.8 Å². The first-order chi connectivity index (χ1) is 15.8. The van der Waals surface area contributed by atoms with Gasteiger partial charge in [-0.25, -0.2) is 0 Å². The van der Waals surface area contributed by atoms with Crippen LogP contribution in [0.5, 0.6) is 11.5 Å². The first-order valence-corrected chi connectivity index (χ1v) is 12.2. The standard InChI is InChI=1S/C30H26BrNO/c1-29(2)21-9-5-6-10-22(21)30(3,4)24-18-28-26(17-23(24)29)32(20-15-13-19(31)14-16-20)25-11-7-8-12-27(25)33-28/h5-18H,1-4H3. The van der Waals surface area contributed by atoms with Crippen LogP contribution in [0.3, 0.4) is 0 Å². The van der Waals surface area contributed by atoms with E-state index in [-0.39, 0.29) is 10.8 Å². The van der Waals surface area contributed by atoms with Crippen molar-refractivity contribution in [3.05, 3.63) is 112 Å². The number of nitrogens with zero attached hydrogens (tertiary/aromatic N) is 1. The zero-order chi connectivity index (χ0) is 23.0. The fourth-order valence-corrected chi connectivity index (χ4v) is 5.83. The molecule has 0 saturated carbocycles. The topological polar surface area (TPSA) is 12.5 Å². The van der Waals surface area contributed by atoms with Crippen molar-refractivity contribution in [2.24, 2.45) is 0 Å². The Bertz CT molecular complexity index is 1400. The Morgan fingerprint density at radius 3 is 1.85 bits per heavy atom. The van der Waals surface area contributed by atoms with Crippen LogP contribution in [0, 0.1) is 0 Å². The summed E-state index contributed by atoms with van der Waals surface area (Å²) in [4.78, 5) is 2.32. The van der Waals surface area contributed by atoms with E-state index in [4.69, 9.17) is 4.74 Å². The predicted molar refractivity (Wildman–Crippen MR) is 140 cm³/mol. The minimum atomic E-state index is -0.112. The van der Waals surface area contributed by atoms with Crippen LogP contribution < -0.4 is 9.64 Å². The molecule has 0 N–H and O–H groups in total. The Balaban J connectivity index is 1.64. The van der Waals surface area contributed by atoms with Gasteiger partial charge in [-0.15, -0.1) is 0 Å². The number of rotatable bonds is 1. The van der Waals surface area contributed by atoms with Crippen LogP contribution in [0.2, 0.25) is 0 Å². The first-order valence-electron chi connectivity index (χ1n) is 11.4. The number of halogens is 1. The van der Waals surface area contributed by atoms with Gasteiger partial charge in [0.05, 0.1) is 11.4 Å². The van der Waals surface area contributed by atoms with Gasteiger partial charge in [0, 0.05) is 21.0 Å². The third-order valence-corrected chi connectivity index (χ3v) is 7.90. The van der Waals surface area contributed by atoms with E-state index in [1.54, 1.807) is 0 Å². The number of ether oxygens (including phenoxy) is 1. The Morgan fingerprint density at radius 2 is 1.18 bits per heavy atom. The van der Waals surface area contributed by atoms with E-state index in [1.165, 1.54) is 22.3 Å². The maximum Gasteiger partial charge on any atom is 0.151 e. The molecule has 1 aliphatic heterocycles. The summed E-state index contributed by atoms with van der Waals surface area (Å²) in [6.07, 6.45) is 0. The number of hydrogen-bond acceptors (Lipinski definition) is 2. The minimum Gasteiger partial charge on any atom is -0.453 e. The zero-order valence-electron chi connectivity index (χ0n) is 19.3. The molecule has 4 aromatic rings. The molecule has 1 heterocycles. The van der Waals surface area contributed by atoms with Gasteiger partial charge >= 0.3 is 0 Å². The van der Waals surface area contributed by atoms with Gasteiger partial charge in [-0.2, -0.15) is 0 Å². The molecular formula is C30H26BrNO. The molecule has 0 atom stereocenters. The van der Waals surface area contributed by atoms with Gasteiger partial charge in [0.15, 0.2) is 11.5 Å². The minimum absolute atomic E-state index is 0.112. The van der Waals surface area contributed by atoms with Gasteiger partial charge in [-0.1, -0.05) is 80.0 Å². The van der Waals surface area contributed by atoms with Gasteiger partial charge in [0.25, 0.3) is 0 Å². The molecule has 0 aromatic heterocycles. The molecule has 0 fully saturated rings. The molecule has 0 unspecified atom stereocenters. The Morgan fingerprint density at radius 1 is 0.606 bits per heavy atom. The molecule has 6 rings (SSSR count). The van der Waals surface area contributed by atoms with Crippen molar-refractivity contribution < 1.29 is 4.74 Å². The molecule has 3 heteroatoms. The summed E-state index contributed by atoms with van der Waals surface area (Å²) in [6.45, 7) is 9.34. The highest BCUT2D eigenvalue weighted by molar-refractivity contribution is 9.10. The first kappa shape index (κ1) is 20.6. The summed E-state index contributed by atoms with van der Waals surface area (Å²) < 4.78 is 7.59. The lowest BCUT2D eigenvalue weighted by Crippen LogP contribution is -2.37. The highest BCUT2D eigenvalue weighted by atomic mass is 79.9. The summed E-state index contributed by atoms with van der Waals surface area (Å²) in [7, 11) is 0. The van der Waals surface area contributed by atoms with E-state index in [0.29, 0.717) is 0 Å². The molecular weight excluding hydrogens is 470 g/mol. The van der Waals surface area contributed by atoms with Gasteiger partial charge in [-0.3, -0.25) is 0 Å². The maximum atomic E-state index is 6.52. The number of fused-ring (bicyclic) bond motifs is 4. The van der Waals surface area contributed by atoms with Crippen molar-refractivity contribution in [1.82, 2.24) is 0 Å². The van der Waals surface area contributed by atoms with Gasteiger partial charge < -0.3 is 9.64 Å². The summed E-state index contributed by atoms with van der Waals surface area (Å²) in [5.74, 6) is 1.78. The van der Waals surface area contributed by atoms with Crippen molar-refractivity contribution in [3.63, 3.8) is 0 Å². The predicted octanol–water partition coefficient (Wildman–Crippen LogP) is 8.99. The van der Waals surface area contributed by atoms with Gasteiger partial charge in [0.1, 0.15) is 0 Å². The molecule has 0 spiro atoms. The summed E-state index contributed by atoms with van der Waals surface area (Å²) in [6, 6.07) is 30.3. The normalized spacial score (nSPS) is 16.7. The Hall–Kier alpha value is -3.04. The number of hydrogen-bond donors (Lipinski definition) is 0.